The molecule has 1 aromatic carbocycles. The molecular weight excluding hydrogens is 398 g/mol. The molecule has 0 fully saturated rings. The first-order valence-electron chi connectivity index (χ1n) is 8.85. The number of carbonyl (C=O) groups is 2. The number of carbonyl (C=O) groups excluding carboxylic acids is 2. The fourth-order valence-electron chi connectivity index (χ4n) is 2.32. The molecule has 0 bridgehead atoms. The van der Waals surface area contributed by atoms with E-state index in [4.69, 9.17) is 4.74 Å². The molecule has 1 heterocycles. The standard InChI is InChI=1S/C18H25N5O3S2/c1-5-23(6-2)15(24)11-22(3)16(25)12-27-18-21-20-17(28-18)19-13-7-9-14(26-4)10-8-13/h7-10H,5-6,11-12H2,1-4H3,(H,19,20). The Kier molecular flexibility index (Phi) is 8.52. The molecule has 1 aromatic heterocycles. The van der Waals surface area contributed by atoms with E-state index in [0.29, 0.717) is 22.6 Å². The third kappa shape index (κ3) is 6.38. The van der Waals surface area contributed by atoms with Crippen molar-refractivity contribution in [2.45, 2.75) is 18.2 Å². The van der Waals surface area contributed by atoms with Gasteiger partial charge >= 0.3 is 0 Å². The molecular formula is C18H25N5O3S2. The molecule has 28 heavy (non-hydrogen) atoms. The van der Waals surface area contributed by atoms with Crippen molar-refractivity contribution < 1.29 is 14.3 Å². The van der Waals surface area contributed by atoms with Crippen LogP contribution in [0.25, 0.3) is 0 Å². The second-order valence-corrected chi connectivity index (χ2v) is 8.03. The van der Waals surface area contributed by atoms with Crippen molar-refractivity contribution in [2.75, 3.05) is 44.9 Å². The molecule has 2 amide bonds. The van der Waals surface area contributed by atoms with Crippen molar-refractivity contribution in [3.8, 4) is 5.75 Å². The highest BCUT2D eigenvalue weighted by molar-refractivity contribution is 8.01. The third-order valence-corrected chi connectivity index (χ3v) is 5.94. The molecule has 10 heteroatoms. The number of ether oxygens (including phenoxy) is 1. The van der Waals surface area contributed by atoms with Crippen LogP contribution in [0.15, 0.2) is 28.6 Å². The Morgan fingerprint density at radius 3 is 2.43 bits per heavy atom. The van der Waals surface area contributed by atoms with Gasteiger partial charge in [-0.15, -0.1) is 10.2 Å². The molecule has 0 saturated heterocycles. The van der Waals surface area contributed by atoms with E-state index in [2.05, 4.69) is 15.5 Å². The zero-order valence-corrected chi connectivity index (χ0v) is 18.1. The molecule has 2 aromatic rings. The summed E-state index contributed by atoms with van der Waals surface area (Å²) in [4.78, 5) is 27.5. The third-order valence-electron chi connectivity index (χ3n) is 3.98. The van der Waals surface area contributed by atoms with E-state index >= 15 is 0 Å². The van der Waals surface area contributed by atoms with Gasteiger partial charge in [0.25, 0.3) is 0 Å². The summed E-state index contributed by atoms with van der Waals surface area (Å²) in [6.45, 7) is 5.21. The number of anilines is 2. The summed E-state index contributed by atoms with van der Waals surface area (Å²) in [5.74, 6) is 0.818. The number of likely N-dealkylation sites (N-methyl/N-ethyl adjacent to an activating group) is 2. The van der Waals surface area contributed by atoms with Gasteiger partial charge in [0, 0.05) is 25.8 Å². The van der Waals surface area contributed by atoms with Gasteiger partial charge in [-0.05, 0) is 38.1 Å². The van der Waals surface area contributed by atoms with E-state index in [9.17, 15) is 9.59 Å². The number of nitrogens with zero attached hydrogens (tertiary/aromatic N) is 4. The fourth-order valence-corrected chi connectivity index (χ4v) is 4.03. The average Bonchev–Trinajstić information content (AvgIpc) is 3.14. The molecule has 0 radical (unpaired) electrons. The molecule has 0 saturated carbocycles. The quantitative estimate of drug-likeness (QED) is 0.588. The Balaban J connectivity index is 1.82. The Bertz CT molecular complexity index is 778. The summed E-state index contributed by atoms with van der Waals surface area (Å²) >= 11 is 2.68. The molecule has 0 aliphatic rings. The van der Waals surface area contributed by atoms with E-state index in [1.807, 2.05) is 38.1 Å². The van der Waals surface area contributed by atoms with Crippen molar-refractivity contribution in [2.24, 2.45) is 0 Å². The minimum atomic E-state index is -0.120. The predicted molar refractivity (Wildman–Crippen MR) is 112 cm³/mol. The number of nitrogens with one attached hydrogen (secondary N) is 1. The Labute approximate surface area is 173 Å². The van der Waals surface area contributed by atoms with Crippen LogP contribution in [-0.2, 0) is 9.59 Å². The summed E-state index contributed by atoms with van der Waals surface area (Å²) in [5, 5.41) is 12.0. The summed E-state index contributed by atoms with van der Waals surface area (Å²) in [5.41, 5.74) is 0.874. The Hall–Kier alpha value is -2.33. The van der Waals surface area contributed by atoms with Crippen LogP contribution >= 0.6 is 23.1 Å². The SMILES string of the molecule is CCN(CC)C(=O)CN(C)C(=O)CSc1nnc(Nc2ccc(OC)cc2)s1. The van der Waals surface area contributed by atoms with Crippen molar-refractivity contribution in [1.29, 1.82) is 0 Å². The molecule has 8 nitrogen and oxygen atoms in total. The lowest BCUT2D eigenvalue weighted by atomic mass is 10.3. The first-order chi connectivity index (χ1) is 13.5. The molecule has 1 N–H and O–H groups in total. The summed E-state index contributed by atoms with van der Waals surface area (Å²) < 4.78 is 5.82. The van der Waals surface area contributed by atoms with Crippen molar-refractivity contribution in [3.63, 3.8) is 0 Å². The second-order valence-electron chi connectivity index (χ2n) is 5.83. The van der Waals surface area contributed by atoms with Crippen LogP contribution in [0.4, 0.5) is 10.8 Å². The molecule has 0 unspecified atom stereocenters. The van der Waals surface area contributed by atoms with Gasteiger partial charge in [-0.25, -0.2) is 0 Å². The fraction of sp³-hybridized carbons (Fsp3) is 0.444. The number of aromatic nitrogens is 2. The van der Waals surface area contributed by atoms with Crippen molar-refractivity contribution in [3.05, 3.63) is 24.3 Å². The number of benzene rings is 1. The summed E-state index contributed by atoms with van der Waals surface area (Å²) in [6.07, 6.45) is 0. The van der Waals surface area contributed by atoms with E-state index < -0.39 is 0 Å². The highest BCUT2D eigenvalue weighted by Gasteiger charge is 2.17. The van der Waals surface area contributed by atoms with Crippen LogP contribution in [0.1, 0.15) is 13.8 Å². The van der Waals surface area contributed by atoms with Gasteiger partial charge in [0.15, 0.2) is 4.34 Å². The Morgan fingerprint density at radius 1 is 1.14 bits per heavy atom. The smallest absolute Gasteiger partial charge is 0.242 e. The molecule has 0 spiro atoms. The number of rotatable bonds is 10. The lowest BCUT2D eigenvalue weighted by Crippen LogP contribution is -2.41. The second kappa shape index (κ2) is 10.9. The van der Waals surface area contributed by atoms with Gasteiger partial charge in [-0.3, -0.25) is 9.59 Å². The molecule has 0 aliphatic carbocycles. The lowest BCUT2D eigenvalue weighted by molar-refractivity contribution is -0.137. The molecule has 0 aliphatic heterocycles. The van der Waals surface area contributed by atoms with Gasteiger partial charge in [-0.1, -0.05) is 23.1 Å². The highest BCUT2D eigenvalue weighted by Crippen LogP contribution is 2.28. The van der Waals surface area contributed by atoms with Crippen molar-refractivity contribution >= 4 is 45.7 Å². The van der Waals surface area contributed by atoms with E-state index in [1.54, 1.807) is 19.1 Å². The lowest BCUT2D eigenvalue weighted by Gasteiger charge is -2.23. The summed E-state index contributed by atoms with van der Waals surface area (Å²) in [6, 6.07) is 7.48. The first kappa shape index (κ1) is 22.0. The minimum absolute atomic E-state index is 0.0484. The van der Waals surface area contributed by atoms with Gasteiger partial charge in [0.1, 0.15) is 5.75 Å². The van der Waals surface area contributed by atoms with E-state index in [0.717, 1.165) is 11.4 Å². The maximum absolute atomic E-state index is 12.3. The van der Waals surface area contributed by atoms with Crippen LogP contribution in [-0.4, -0.2) is 71.4 Å². The number of amides is 2. The number of thioether (sulfide) groups is 1. The number of methoxy groups -OCH3 is 1. The number of hydrogen-bond donors (Lipinski definition) is 1. The largest absolute Gasteiger partial charge is 0.497 e. The van der Waals surface area contributed by atoms with Gasteiger partial charge < -0.3 is 19.9 Å². The highest BCUT2D eigenvalue weighted by atomic mass is 32.2. The molecule has 152 valence electrons. The van der Waals surface area contributed by atoms with Crippen LogP contribution < -0.4 is 10.1 Å². The van der Waals surface area contributed by atoms with E-state index in [1.165, 1.54) is 28.0 Å². The maximum atomic E-state index is 12.3. The van der Waals surface area contributed by atoms with Gasteiger partial charge in [-0.2, -0.15) is 0 Å². The number of hydrogen-bond acceptors (Lipinski definition) is 8. The minimum Gasteiger partial charge on any atom is -0.497 e. The van der Waals surface area contributed by atoms with Gasteiger partial charge in [0.2, 0.25) is 16.9 Å². The van der Waals surface area contributed by atoms with Crippen LogP contribution in [0.2, 0.25) is 0 Å². The first-order valence-corrected chi connectivity index (χ1v) is 10.7. The zero-order chi connectivity index (χ0) is 20.5. The zero-order valence-electron chi connectivity index (χ0n) is 16.5. The topological polar surface area (TPSA) is 87.7 Å². The summed E-state index contributed by atoms with van der Waals surface area (Å²) in [7, 11) is 3.26. The van der Waals surface area contributed by atoms with Crippen LogP contribution in [0, 0.1) is 0 Å². The maximum Gasteiger partial charge on any atom is 0.242 e. The average molecular weight is 424 g/mol. The van der Waals surface area contributed by atoms with Crippen molar-refractivity contribution in [1.82, 2.24) is 20.0 Å². The Morgan fingerprint density at radius 2 is 1.82 bits per heavy atom. The van der Waals surface area contributed by atoms with Crippen LogP contribution in [0.5, 0.6) is 5.75 Å². The normalized spacial score (nSPS) is 10.4. The molecule has 0 atom stereocenters. The van der Waals surface area contributed by atoms with Crippen LogP contribution in [0.3, 0.4) is 0 Å². The monoisotopic (exact) mass is 423 g/mol. The van der Waals surface area contributed by atoms with Gasteiger partial charge in [0.05, 0.1) is 19.4 Å². The van der Waals surface area contributed by atoms with E-state index in [-0.39, 0.29) is 24.1 Å². The predicted octanol–water partition coefficient (Wildman–Crippen LogP) is 2.71. The molecule has 2 rings (SSSR count).